The van der Waals surface area contributed by atoms with Gasteiger partial charge in [0.1, 0.15) is 0 Å². The van der Waals surface area contributed by atoms with Gasteiger partial charge in [-0.25, -0.2) is 0 Å². The fourth-order valence-electron chi connectivity index (χ4n) is 1.63. The van der Waals surface area contributed by atoms with Gasteiger partial charge in [0.05, 0.1) is 6.54 Å². The minimum absolute atomic E-state index is 0.231. The van der Waals surface area contributed by atoms with Crippen LogP contribution >= 0.6 is 0 Å². The second kappa shape index (κ2) is 6.47. The number of ether oxygens (including phenoxy) is 1. The van der Waals surface area contributed by atoms with Crippen molar-refractivity contribution in [2.45, 2.75) is 39.2 Å². The van der Waals surface area contributed by atoms with Gasteiger partial charge in [-0.3, -0.25) is 9.69 Å². The van der Waals surface area contributed by atoms with Gasteiger partial charge in [0, 0.05) is 6.92 Å². The highest BCUT2D eigenvalue weighted by molar-refractivity contribution is 5.66. The summed E-state index contributed by atoms with van der Waals surface area (Å²) in [6, 6.07) is 0. The molecule has 0 aromatic heterocycles. The first-order valence-corrected chi connectivity index (χ1v) is 5.60. The maximum Gasteiger partial charge on any atom is 0.303 e. The Bertz CT molecular complexity index is 259. The molecule has 3 heteroatoms. The second-order valence-electron chi connectivity index (χ2n) is 3.81. The van der Waals surface area contributed by atoms with Crippen LogP contribution in [0, 0.1) is 11.8 Å². The molecule has 1 aliphatic heterocycles. The summed E-state index contributed by atoms with van der Waals surface area (Å²) in [5.74, 6) is 5.82. The Morgan fingerprint density at radius 1 is 1.47 bits per heavy atom. The van der Waals surface area contributed by atoms with E-state index in [0.29, 0.717) is 0 Å². The van der Waals surface area contributed by atoms with E-state index in [-0.39, 0.29) is 12.1 Å². The second-order valence-corrected chi connectivity index (χ2v) is 3.81. The van der Waals surface area contributed by atoms with E-state index < -0.39 is 0 Å². The summed E-state index contributed by atoms with van der Waals surface area (Å²) in [6.45, 7) is 6.50. The van der Waals surface area contributed by atoms with Crippen LogP contribution in [0.25, 0.3) is 0 Å². The van der Waals surface area contributed by atoms with Crippen molar-refractivity contribution in [3.8, 4) is 11.8 Å². The average molecular weight is 209 g/mol. The molecule has 0 spiro atoms. The van der Waals surface area contributed by atoms with Gasteiger partial charge >= 0.3 is 5.97 Å². The number of carbonyl (C=O) groups excluding carboxylic acids is 1. The van der Waals surface area contributed by atoms with Crippen LogP contribution < -0.4 is 0 Å². The lowest BCUT2D eigenvalue weighted by Crippen LogP contribution is -2.20. The summed E-state index contributed by atoms with van der Waals surface area (Å²) in [5.41, 5.74) is 0. The van der Waals surface area contributed by atoms with Crippen LogP contribution in [0.2, 0.25) is 0 Å². The zero-order valence-corrected chi connectivity index (χ0v) is 9.58. The minimum Gasteiger partial charge on any atom is -0.449 e. The molecule has 84 valence electrons. The van der Waals surface area contributed by atoms with Crippen LogP contribution in [-0.4, -0.2) is 36.6 Å². The van der Waals surface area contributed by atoms with Crippen molar-refractivity contribution in [1.82, 2.24) is 4.90 Å². The van der Waals surface area contributed by atoms with E-state index in [0.717, 1.165) is 26.1 Å². The van der Waals surface area contributed by atoms with E-state index in [4.69, 9.17) is 4.74 Å². The minimum atomic E-state index is -0.252. The highest BCUT2D eigenvalue weighted by atomic mass is 16.5. The van der Waals surface area contributed by atoms with Crippen LogP contribution in [0.4, 0.5) is 0 Å². The molecule has 1 fully saturated rings. The van der Waals surface area contributed by atoms with Crippen molar-refractivity contribution in [3.63, 3.8) is 0 Å². The number of hydrogen-bond acceptors (Lipinski definition) is 3. The number of carbonyl (C=O) groups is 1. The molecular formula is C12H19NO2. The lowest BCUT2D eigenvalue weighted by molar-refractivity contribution is -0.143. The van der Waals surface area contributed by atoms with Gasteiger partial charge in [-0.15, -0.1) is 0 Å². The number of likely N-dealkylation sites (tertiary alicyclic amines) is 1. The molecule has 0 aromatic carbocycles. The van der Waals surface area contributed by atoms with Crippen LogP contribution in [0.1, 0.15) is 33.1 Å². The smallest absolute Gasteiger partial charge is 0.303 e. The Kier molecular flexibility index (Phi) is 5.20. The number of rotatable bonds is 3. The molecule has 0 bridgehead atoms. The van der Waals surface area contributed by atoms with Gasteiger partial charge < -0.3 is 4.74 Å². The summed E-state index contributed by atoms with van der Waals surface area (Å²) in [5, 5.41) is 0. The van der Waals surface area contributed by atoms with Crippen molar-refractivity contribution in [3.05, 3.63) is 0 Å². The molecule has 0 radical (unpaired) electrons. The molecule has 0 aromatic rings. The van der Waals surface area contributed by atoms with E-state index in [1.165, 1.54) is 19.8 Å². The van der Waals surface area contributed by atoms with Gasteiger partial charge in [0.25, 0.3) is 0 Å². The Hall–Kier alpha value is -1.01. The van der Waals surface area contributed by atoms with E-state index >= 15 is 0 Å². The van der Waals surface area contributed by atoms with Crippen LogP contribution in [0.3, 0.4) is 0 Å². The third-order valence-corrected chi connectivity index (χ3v) is 2.44. The molecule has 0 amide bonds. The van der Waals surface area contributed by atoms with Gasteiger partial charge in [-0.05, 0) is 32.4 Å². The molecule has 15 heavy (non-hydrogen) atoms. The summed E-state index contributed by atoms with van der Waals surface area (Å²) >= 11 is 0. The Morgan fingerprint density at radius 3 is 2.67 bits per heavy atom. The predicted molar refractivity (Wildman–Crippen MR) is 59.3 cm³/mol. The molecule has 0 unspecified atom stereocenters. The molecular weight excluding hydrogens is 190 g/mol. The average Bonchev–Trinajstić information content (AvgIpc) is 2.68. The van der Waals surface area contributed by atoms with Gasteiger partial charge in [-0.2, -0.15) is 0 Å². The van der Waals surface area contributed by atoms with Gasteiger partial charge in [0.15, 0.2) is 6.10 Å². The zero-order valence-electron chi connectivity index (χ0n) is 9.58. The van der Waals surface area contributed by atoms with Crippen LogP contribution in [0.5, 0.6) is 0 Å². The standard InChI is InChI=1S/C12H19NO2/c1-3-12(15-11(2)14)7-6-10-13-8-4-5-9-13/h12H,3-5,8-10H2,1-2H3/t12-/m1/s1. The lowest BCUT2D eigenvalue weighted by Gasteiger charge is -2.10. The lowest BCUT2D eigenvalue weighted by atomic mass is 10.3. The molecule has 0 N–H and O–H groups in total. The van der Waals surface area contributed by atoms with E-state index in [1.807, 2.05) is 6.92 Å². The van der Waals surface area contributed by atoms with E-state index in [2.05, 4.69) is 16.7 Å². The maximum absolute atomic E-state index is 10.7. The largest absolute Gasteiger partial charge is 0.449 e. The highest BCUT2D eigenvalue weighted by Gasteiger charge is 2.09. The molecule has 1 rings (SSSR count). The number of hydrogen-bond donors (Lipinski definition) is 0. The molecule has 1 heterocycles. The van der Waals surface area contributed by atoms with Crippen molar-refractivity contribution < 1.29 is 9.53 Å². The Balaban J connectivity index is 2.29. The van der Waals surface area contributed by atoms with E-state index in [9.17, 15) is 4.79 Å². The number of nitrogens with zero attached hydrogens (tertiary/aromatic N) is 1. The first-order valence-electron chi connectivity index (χ1n) is 5.60. The SMILES string of the molecule is CC[C@H](C#CCN1CCCC1)OC(C)=O. The number of esters is 1. The summed E-state index contributed by atoms with van der Waals surface area (Å²) in [6.07, 6.45) is 3.09. The molecule has 3 nitrogen and oxygen atoms in total. The van der Waals surface area contributed by atoms with Crippen molar-refractivity contribution in [1.29, 1.82) is 0 Å². The van der Waals surface area contributed by atoms with Crippen LogP contribution in [-0.2, 0) is 9.53 Å². The molecule has 0 saturated carbocycles. The van der Waals surface area contributed by atoms with Gasteiger partial charge in [0.2, 0.25) is 0 Å². The topological polar surface area (TPSA) is 29.5 Å². The zero-order chi connectivity index (χ0) is 11.1. The van der Waals surface area contributed by atoms with E-state index in [1.54, 1.807) is 0 Å². The monoisotopic (exact) mass is 209 g/mol. The fourth-order valence-corrected chi connectivity index (χ4v) is 1.63. The molecule has 0 aliphatic carbocycles. The molecule has 1 aliphatic rings. The first-order chi connectivity index (χ1) is 7.22. The molecule has 1 saturated heterocycles. The first kappa shape index (κ1) is 12.1. The highest BCUT2D eigenvalue weighted by Crippen LogP contribution is 2.05. The fraction of sp³-hybridized carbons (Fsp3) is 0.750. The third-order valence-electron chi connectivity index (χ3n) is 2.44. The van der Waals surface area contributed by atoms with Crippen molar-refractivity contribution in [2.24, 2.45) is 0 Å². The Morgan fingerprint density at radius 2 is 2.13 bits per heavy atom. The summed E-state index contributed by atoms with van der Waals surface area (Å²) in [4.78, 5) is 13.1. The molecule has 1 atom stereocenters. The van der Waals surface area contributed by atoms with Crippen molar-refractivity contribution in [2.75, 3.05) is 19.6 Å². The van der Waals surface area contributed by atoms with Gasteiger partial charge in [-0.1, -0.05) is 18.8 Å². The normalized spacial score (nSPS) is 18.0. The Labute approximate surface area is 91.8 Å². The summed E-state index contributed by atoms with van der Waals surface area (Å²) < 4.78 is 5.03. The van der Waals surface area contributed by atoms with Crippen LogP contribution in [0.15, 0.2) is 0 Å². The third kappa shape index (κ3) is 4.85. The predicted octanol–water partition coefficient (Wildman–Crippen LogP) is 1.43. The summed E-state index contributed by atoms with van der Waals surface area (Å²) in [7, 11) is 0. The van der Waals surface area contributed by atoms with Crippen molar-refractivity contribution >= 4 is 5.97 Å². The quantitative estimate of drug-likeness (QED) is 0.520. The maximum atomic E-state index is 10.7.